The second-order valence-corrected chi connectivity index (χ2v) is 9.35. The van der Waals surface area contributed by atoms with Crippen molar-refractivity contribution < 1.29 is 4.79 Å². The van der Waals surface area contributed by atoms with Crippen LogP contribution >= 0.6 is 12.4 Å². The van der Waals surface area contributed by atoms with Crippen LogP contribution in [0, 0.1) is 5.92 Å². The molecule has 0 bridgehead atoms. The van der Waals surface area contributed by atoms with Gasteiger partial charge in [0.25, 0.3) is 0 Å². The molecular weight excluding hydrogens is 436 g/mol. The number of amides is 1. The number of nitrogens with two attached hydrogens (primary N) is 1. The van der Waals surface area contributed by atoms with Crippen molar-refractivity contribution in [1.29, 1.82) is 0 Å². The van der Waals surface area contributed by atoms with Gasteiger partial charge in [-0.05, 0) is 68.7 Å². The Balaban J connectivity index is 0.00000228. The SMILES string of the molecule is Cl.N[C@H]1CCN(c2c3c(nc4ccc(-c5ccnc(NC(=O)C6CC6)n5)cc24)CCCC3)C1. The lowest BCUT2D eigenvalue weighted by atomic mass is 9.91. The predicted molar refractivity (Wildman–Crippen MR) is 133 cm³/mol. The Bertz CT molecular complexity index is 1210. The second kappa shape index (κ2) is 8.88. The van der Waals surface area contributed by atoms with Crippen LogP contribution in [0.2, 0.25) is 0 Å². The van der Waals surface area contributed by atoms with Gasteiger partial charge in [-0.1, -0.05) is 6.07 Å². The van der Waals surface area contributed by atoms with E-state index in [0.717, 1.165) is 62.0 Å². The van der Waals surface area contributed by atoms with E-state index in [1.165, 1.54) is 35.2 Å². The van der Waals surface area contributed by atoms with Crippen LogP contribution in [0.3, 0.4) is 0 Å². The number of benzene rings is 1. The van der Waals surface area contributed by atoms with E-state index >= 15 is 0 Å². The molecule has 1 saturated carbocycles. The van der Waals surface area contributed by atoms with Gasteiger partial charge in [0.1, 0.15) is 0 Å². The molecule has 2 aliphatic carbocycles. The number of anilines is 2. The molecule has 3 aromatic rings. The van der Waals surface area contributed by atoms with Gasteiger partial charge in [0.2, 0.25) is 11.9 Å². The van der Waals surface area contributed by atoms with Crippen LogP contribution in [0.4, 0.5) is 11.6 Å². The molecule has 172 valence electrons. The quantitative estimate of drug-likeness (QED) is 0.608. The zero-order valence-corrected chi connectivity index (χ0v) is 19.4. The average Bonchev–Trinajstić information content (AvgIpc) is 3.58. The number of fused-ring (bicyclic) bond motifs is 2. The molecule has 1 amide bonds. The van der Waals surface area contributed by atoms with Crippen LogP contribution in [0.15, 0.2) is 30.5 Å². The van der Waals surface area contributed by atoms with Gasteiger partial charge >= 0.3 is 0 Å². The Kier molecular flexibility index (Phi) is 5.93. The Morgan fingerprint density at radius 2 is 1.94 bits per heavy atom. The normalized spacial score (nSPS) is 19.8. The van der Waals surface area contributed by atoms with Crippen LogP contribution in [-0.4, -0.2) is 40.0 Å². The van der Waals surface area contributed by atoms with Gasteiger partial charge in [0.15, 0.2) is 0 Å². The van der Waals surface area contributed by atoms with Crippen molar-refractivity contribution in [2.24, 2.45) is 11.7 Å². The molecular formula is C25H29ClN6O. The maximum absolute atomic E-state index is 12.1. The number of hydrogen-bond donors (Lipinski definition) is 2. The van der Waals surface area contributed by atoms with Gasteiger partial charge in [0.05, 0.1) is 16.9 Å². The molecule has 8 heteroatoms. The summed E-state index contributed by atoms with van der Waals surface area (Å²) in [5, 5.41) is 4.02. The zero-order chi connectivity index (χ0) is 21.7. The van der Waals surface area contributed by atoms with Crippen LogP contribution in [0.1, 0.15) is 43.4 Å². The largest absolute Gasteiger partial charge is 0.369 e. The standard InChI is InChI=1S/C25H28N6O.ClH/c26-17-10-12-31(14-17)23-18-3-1-2-4-21(18)28-22-8-7-16(13-19(22)23)20-9-11-27-25(29-20)30-24(32)15-5-6-15;/h7-9,11,13,15,17H,1-6,10,12,14,26H2,(H,27,29,30,32);1H/t17-;/m0./s1. The Hall–Kier alpha value is -2.77. The summed E-state index contributed by atoms with van der Waals surface area (Å²) in [6.07, 6.45) is 9.19. The average molecular weight is 465 g/mol. The molecule has 3 heterocycles. The maximum Gasteiger partial charge on any atom is 0.229 e. The fourth-order valence-corrected chi connectivity index (χ4v) is 5.05. The van der Waals surface area contributed by atoms with Crippen molar-refractivity contribution >= 4 is 40.9 Å². The zero-order valence-electron chi connectivity index (χ0n) is 18.6. The lowest BCUT2D eigenvalue weighted by Crippen LogP contribution is -2.28. The molecule has 2 fully saturated rings. The van der Waals surface area contributed by atoms with Crippen molar-refractivity contribution in [3.8, 4) is 11.3 Å². The van der Waals surface area contributed by atoms with E-state index in [2.05, 4.69) is 38.4 Å². The van der Waals surface area contributed by atoms with Crippen molar-refractivity contribution in [1.82, 2.24) is 15.0 Å². The molecule has 3 N–H and O–H groups in total. The summed E-state index contributed by atoms with van der Waals surface area (Å²) in [6.45, 7) is 1.88. The highest BCUT2D eigenvalue weighted by Gasteiger charge is 2.30. The molecule has 0 unspecified atom stereocenters. The van der Waals surface area contributed by atoms with Crippen LogP contribution in [0.5, 0.6) is 0 Å². The van der Waals surface area contributed by atoms with Gasteiger partial charge < -0.3 is 10.6 Å². The number of hydrogen-bond acceptors (Lipinski definition) is 6. The number of carbonyl (C=O) groups is 1. The highest BCUT2D eigenvalue weighted by molar-refractivity contribution is 5.97. The van der Waals surface area contributed by atoms with E-state index in [4.69, 9.17) is 10.7 Å². The van der Waals surface area contributed by atoms with Gasteiger partial charge in [-0.15, -0.1) is 12.4 Å². The van der Waals surface area contributed by atoms with E-state index in [9.17, 15) is 4.79 Å². The van der Waals surface area contributed by atoms with Crippen molar-refractivity contribution in [3.63, 3.8) is 0 Å². The number of halogens is 1. The van der Waals surface area contributed by atoms with Crippen molar-refractivity contribution in [2.75, 3.05) is 23.3 Å². The number of nitrogens with one attached hydrogen (secondary N) is 1. The Labute approximate surface area is 199 Å². The summed E-state index contributed by atoms with van der Waals surface area (Å²) in [5.74, 6) is 0.507. The first kappa shape index (κ1) is 22.0. The third-order valence-electron chi connectivity index (χ3n) is 6.91. The van der Waals surface area contributed by atoms with Crippen LogP contribution in [0.25, 0.3) is 22.2 Å². The lowest BCUT2D eigenvalue weighted by Gasteiger charge is -2.28. The fraction of sp³-hybridized carbons (Fsp3) is 0.440. The monoisotopic (exact) mass is 464 g/mol. The number of nitrogens with zero attached hydrogens (tertiary/aromatic N) is 4. The van der Waals surface area contributed by atoms with Gasteiger partial charge in [-0.25, -0.2) is 9.97 Å². The third kappa shape index (κ3) is 4.27. The summed E-state index contributed by atoms with van der Waals surface area (Å²) in [7, 11) is 0. The van der Waals surface area contributed by atoms with Crippen molar-refractivity contribution in [2.45, 2.75) is 51.0 Å². The van der Waals surface area contributed by atoms with Gasteiger partial charge in [-0.3, -0.25) is 15.1 Å². The van der Waals surface area contributed by atoms with Crippen molar-refractivity contribution in [3.05, 3.63) is 41.7 Å². The molecule has 3 aliphatic rings. The minimum atomic E-state index is 0. The third-order valence-corrected chi connectivity index (χ3v) is 6.91. The predicted octanol–water partition coefficient (Wildman–Crippen LogP) is 3.88. The molecule has 0 radical (unpaired) electrons. The smallest absolute Gasteiger partial charge is 0.229 e. The fourth-order valence-electron chi connectivity index (χ4n) is 5.05. The molecule has 33 heavy (non-hydrogen) atoms. The molecule has 0 spiro atoms. The first-order chi connectivity index (χ1) is 15.7. The molecule has 1 atom stereocenters. The molecule has 1 aromatic carbocycles. The highest BCUT2D eigenvalue weighted by atomic mass is 35.5. The Morgan fingerprint density at radius 3 is 2.73 bits per heavy atom. The number of pyridine rings is 1. The number of aryl methyl sites for hydroxylation is 1. The van der Waals surface area contributed by atoms with E-state index < -0.39 is 0 Å². The summed E-state index contributed by atoms with van der Waals surface area (Å²) in [5.41, 5.74) is 13.1. The highest BCUT2D eigenvalue weighted by Crippen LogP contribution is 2.39. The molecule has 1 saturated heterocycles. The number of carbonyl (C=O) groups excluding carboxylic acids is 1. The number of rotatable bonds is 4. The summed E-state index contributed by atoms with van der Waals surface area (Å²) in [6, 6.07) is 8.49. The first-order valence-electron chi connectivity index (χ1n) is 11.8. The van der Waals surface area contributed by atoms with E-state index in [0.29, 0.717) is 5.95 Å². The Morgan fingerprint density at radius 1 is 1.09 bits per heavy atom. The first-order valence-corrected chi connectivity index (χ1v) is 11.8. The summed E-state index contributed by atoms with van der Waals surface area (Å²) in [4.78, 5) is 28.5. The molecule has 7 nitrogen and oxygen atoms in total. The van der Waals surface area contributed by atoms with E-state index in [-0.39, 0.29) is 30.3 Å². The molecule has 1 aliphatic heterocycles. The van der Waals surface area contributed by atoms with Crippen LogP contribution in [-0.2, 0) is 17.6 Å². The van der Waals surface area contributed by atoms with Gasteiger partial charge in [0, 0.05) is 47.9 Å². The summed E-state index contributed by atoms with van der Waals surface area (Å²) < 4.78 is 0. The lowest BCUT2D eigenvalue weighted by molar-refractivity contribution is -0.117. The van der Waals surface area contributed by atoms with Crippen LogP contribution < -0.4 is 16.0 Å². The summed E-state index contributed by atoms with van der Waals surface area (Å²) >= 11 is 0. The van der Waals surface area contributed by atoms with Gasteiger partial charge in [-0.2, -0.15) is 0 Å². The number of aromatic nitrogens is 3. The minimum Gasteiger partial charge on any atom is -0.369 e. The molecule has 6 rings (SSSR count). The topological polar surface area (TPSA) is 97.0 Å². The van der Waals surface area contributed by atoms with E-state index in [1.807, 2.05) is 6.07 Å². The van der Waals surface area contributed by atoms with E-state index in [1.54, 1.807) is 6.20 Å². The minimum absolute atomic E-state index is 0. The molecule has 2 aromatic heterocycles. The second-order valence-electron chi connectivity index (χ2n) is 9.35. The maximum atomic E-state index is 12.1.